The lowest BCUT2D eigenvalue weighted by molar-refractivity contribution is 0.233. The van der Waals surface area contributed by atoms with Crippen molar-refractivity contribution in [3.8, 4) is 0 Å². The number of aliphatic hydroxyl groups is 1. The molecule has 3 N–H and O–H groups in total. The number of hydrogen-bond acceptors (Lipinski definition) is 4. The van der Waals surface area contributed by atoms with Crippen LogP contribution in [0.1, 0.15) is 17.5 Å². The van der Waals surface area contributed by atoms with Crippen molar-refractivity contribution in [3.05, 3.63) is 29.3 Å². The molecule has 1 fully saturated rings. The highest BCUT2D eigenvalue weighted by Crippen LogP contribution is 2.26. The Morgan fingerprint density at radius 2 is 2.25 bits per heavy atom. The number of sulfonamides is 1. The minimum absolute atomic E-state index is 0.0192. The normalized spacial score (nSPS) is 20.2. The lowest BCUT2D eigenvalue weighted by atomic mass is 10.1. The van der Waals surface area contributed by atoms with Crippen molar-refractivity contribution >= 4 is 27.2 Å². The van der Waals surface area contributed by atoms with Crippen LogP contribution in [0.5, 0.6) is 0 Å². The zero-order chi connectivity index (χ0) is 14.9. The maximum absolute atomic E-state index is 12.6. The Balaban J connectivity index is 2.33. The largest absolute Gasteiger partial charge is 0.396 e. The van der Waals surface area contributed by atoms with Gasteiger partial charge in [-0.15, -0.1) is 0 Å². The van der Waals surface area contributed by atoms with E-state index in [9.17, 15) is 8.42 Å². The number of nitrogens with two attached hydrogens (primary N) is 1. The van der Waals surface area contributed by atoms with E-state index in [0.717, 1.165) is 0 Å². The van der Waals surface area contributed by atoms with Gasteiger partial charge in [0.05, 0.1) is 4.90 Å². The zero-order valence-electron chi connectivity index (χ0n) is 11.2. The smallest absolute Gasteiger partial charge is 0.243 e. The monoisotopic (exact) mass is 314 g/mol. The molecule has 0 aliphatic carbocycles. The molecule has 1 aromatic carbocycles. The minimum Gasteiger partial charge on any atom is -0.396 e. The van der Waals surface area contributed by atoms with Crippen LogP contribution in [-0.2, 0) is 10.0 Å². The molecule has 0 amide bonds. The van der Waals surface area contributed by atoms with Gasteiger partial charge < -0.3 is 10.8 Å². The van der Waals surface area contributed by atoms with Crippen LogP contribution in [0.4, 0.5) is 0 Å². The summed E-state index contributed by atoms with van der Waals surface area (Å²) in [5.41, 5.74) is 6.83. The van der Waals surface area contributed by atoms with Gasteiger partial charge in [0, 0.05) is 25.3 Å². The Kier molecular flexibility index (Phi) is 4.43. The summed E-state index contributed by atoms with van der Waals surface area (Å²) in [7, 11) is -3.52. The molecule has 1 heterocycles. The van der Waals surface area contributed by atoms with Crippen LogP contribution >= 0.6 is 12.2 Å². The van der Waals surface area contributed by atoms with Gasteiger partial charge in [0.2, 0.25) is 10.0 Å². The summed E-state index contributed by atoms with van der Waals surface area (Å²) in [5.74, 6) is 0.0287. The molecule has 0 radical (unpaired) electrons. The van der Waals surface area contributed by atoms with E-state index in [4.69, 9.17) is 23.1 Å². The van der Waals surface area contributed by atoms with Gasteiger partial charge in [-0.05, 0) is 37.0 Å². The van der Waals surface area contributed by atoms with E-state index in [1.54, 1.807) is 25.1 Å². The molecule has 0 aromatic heterocycles. The summed E-state index contributed by atoms with van der Waals surface area (Å²) in [5, 5.41) is 9.12. The van der Waals surface area contributed by atoms with Gasteiger partial charge >= 0.3 is 0 Å². The number of benzene rings is 1. The summed E-state index contributed by atoms with van der Waals surface area (Å²) >= 11 is 4.89. The highest BCUT2D eigenvalue weighted by molar-refractivity contribution is 7.89. The molecular weight excluding hydrogens is 296 g/mol. The van der Waals surface area contributed by atoms with Crippen molar-refractivity contribution in [3.63, 3.8) is 0 Å². The fourth-order valence-electron chi connectivity index (χ4n) is 2.40. The van der Waals surface area contributed by atoms with E-state index in [1.165, 1.54) is 4.31 Å². The Labute approximate surface area is 124 Å². The van der Waals surface area contributed by atoms with Gasteiger partial charge in [-0.3, -0.25) is 0 Å². The van der Waals surface area contributed by atoms with Gasteiger partial charge in [0.15, 0.2) is 0 Å². The standard InChI is InChI=1S/C13H18N2O3S2/c1-9-6-11(13(14)19)2-3-12(9)20(17,18)15-5-4-10(7-15)8-16/h2-3,6,10,16H,4-5,7-8H2,1H3,(H2,14,19). The molecule has 2 rings (SSSR count). The molecule has 1 aliphatic heterocycles. The average Bonchev–Trinajstić information content (AvgIpc) is 2.87. The van der Waals surface area contributed by atoms with Crippen molar-refractivity contribution in [2.24, 2.45) is 11.7 Å². The molecule has 20 heavy (non-hydrogen) atoms. The number of thiocarbonyl (C=S) groups is 1. The molecule has 110 valence electrons. The second-order valence-electron chi connectivity index (χ2n) is 5.04. The molecular formula is C13H18N2O3S2. The number of aliphatic hydroxyl groups excluding tert-OH is 1. The third-order valence-electron chi connectivity index (χ3n) is 3.58. The fourth-order valence-corrected chi connectivity index (χ4v) is 4.26. The van der Waals surface area contributed by atoms with Crippen LogP contribution in [0.3, 0.4) is 0 Å². The van der Waals surface area contributed by atoms with E-state index < -0.39 is 10.0 Å². The molecule has 1 aromatic rings. The van der Waals surface area contributed by atoms with E-state index >= 15 is 0 Å². The van der Waals surface area contributed by atoms with Gasteiger partial charge in [-0.1, -0.05) is 18.3 Å². The first-order valence-corrected chi connectivity index (χ1v) is 8.22. The van der Waals surface area contributed by atoms with Crippen LogP contribution in [0, 0.1) is 12.8 Å². The van der Waals surface area contributed by atoms with E-state index in [-0.39, 0.29) is 22.4 Å². The molecule has 0 saturated carbocycles. The quantitative estimate of drug-likeness (QED) is 0.797. The molecule has 1 aliphatic rings. The van der Waals surface area contributed by atoms with Crippen molar-refractivity contribution in [1.82, 2.24) is 4.31 Å². The summed E-state index contributed by atoms with van der Waals surface area (Å²) in [6.45, 7) is 2.57. The van der Waals surface area contributed by atoms with Crippen LogP contribution in [-0.4, -0.2) is 42.5 Å². The summed E-state index contributed by atoms with van der Waals surface area (Å²) < 4.78 is 26.6. The van der Waals surface area contributed by atoms with Crippen molar-refractivity contribution < 1.29 is 13.5 Å². The first-order chi connectivity index (χ1) is 9.36. The SMILES string of the molecule is Cc1cc(C(N)=S)ccc1S(=O)(=O)N1CCC(CO)C1. The van der Waals surface area contributed by atoms with Gasteiger partial charge in [0.1, 0.15) is 4.99 Å². The third kappa shape index (κ3) is 2.85. The van der Waals surface area contributed by atoms with Crippen LogP contribution < -0.4 is 5.73 Å². The Morgan fingerprint density at radius 3 is 2.75 bits per heavy atom. The highest BCUT2D eigenvalue weighted by atomic mass is 32.2. The van der Waals surface area contributed by atoms with E-state index in [2.05, 4.69) is 0 Å². The van der Waals surface area contributed by atoms with Gasteiger partial charge in [0.25, 0.3) is 0 Å². The summed E-state index contributed by atoms with van der Waals surface area (Å²) in [6, 6.07) is 4.86. The number of rotatable bonds is 4. The third-order valence-corrected chi connectivity index (χ3v) is 5.85. The van der Waals surface area contributed by atoms with E-state index in [1.807, 2.05) is 0 Å². The number of hydrogen-bond donors (Lipinski definition) is 2. The topological polar surface area (TPSA) is 83.6 Å². The summed E-state index contributed by atoms with van der Waals surface area (Å²) in [4.78, 5) is 0.523. The molecule has 1 atom stereocenters. The van der Waals surface area contributed by atoms with Crippen molar-refractivity contribution in [2.45, 2.75) is 18.2 Å². The maximum Gasteiger partial charge on any atom is 0.243 e. The lowest BCUT2D eigenvalue weighted by Gasteiger charge is -2.18. The van der Waals surface area contributed by atoms with Crippen molar-refractivity contribution in [1.29, 1.82) is 0 Å². The van der Waals surface area contributed by atoms with Gasteiger partial charge in [-0.25, -0.2) is 8.42 Å². The Morgan fingerprint density at radius 1 is 1.55 bits per heavy atom. The number of aryl methyl sites for hydroxylation is 1. The Hall–Kier alpha value is -1.02. The second-order valence-corrected chi connectivity index (χ2v) is 7.39. The van der Waals surface area contributed by atoms with Crippen molar-refractivity contribution in [2.75, 3.05) is 19.7 Å². The fraction of sp³-hybridized carbons (Fsp3) is 0.462. The maximum atomic E-state index is 12.6. The predicted molar refractivity (Wildman–Crippen MR) is 81.0 cm³/mol. The highest BCUT2D eigenvalue weighted by Gasteiger charge is 2.32. The molecule has 5 nitrogen and oxygen atoms in total. The van der Waals surface area contributed by atoms with Crippen LogP contribution in [0.2, 0.25) is 0 Å². The molecule has 0 bridgehead atoms. The molecule has 7 heteroatoms. The van der Waals surface area contributed by atoms with Gasteiger partial charge in [-0.2, -0.15) is 4.31 Å². The molecule has 1 unspecified atom stereocenters. The molecule has 1 saturated heterocycles. The zero-order valence-corrected chi connectivity index (χ0v) is 12.9. The Bertz CT molecular complexity index is 629. The predicted octanol–water partition coefficient (Wildman–Crippen LogP) is 0.632. The molecule has 0 spiro atoms. The lowest BCUT2D eigenvalue weighted by Crippen LogP contribution is -2.30. The summed E-state index contributed by atoms with van der Waals surface area (Å²) in [6.07, 6.45) is 0.694. The second kappa shape index (κ2) is 5.77. The number of nitrogens with zero attached hydrogens (tertiary/aromatic N) is 1. The van der Waals surface area contributed by atoms with Crippen LogP contribution in [0.25, 0.3) is 0 Å². The first kappa shape index (κ1) is 15.4. The average molecular weight is 314 g/mol. The minimum atomic E-state index is -3.52. The van der Waals surface area contributed by atoms with Crippen LogP contribution in [0.15, 0.2) is 23.1 Å². The first-order valence-electron chi connectivity index (χ1n) is 6.37. The van der Waals surface area contributed by atoms with E-state index in [0.29, 0.717) is 30.6 Å².